The molecule has 0 amide bonds. The quantitative estimate of drug-likeness (QED) is 0.744. The van der Waals surface area contributed by atoms with Crippen LogP contribution in [0.15, 0.2) is 6.07 Å². The van der Waals surface area contributed by atoms with E-state index in [4.69, 9.17) is 4.74 Å². The topological polar surface area (TPSA) is 66.4 Å². The average Bonchev–Trinajstić information content (AvgIpc) is 2.84. The maximum absolute atomic E-state index is 13.6. The molecule has 5 nitrogen and oxygen atoms in total. The lowest BCUT2D eigenvalue weighted by Crippen LogP contribution is -2.37. The number of pyridine rings is 1. The summed E-state index contributed by atoms with van der Waals surface area (Å²) in [5.74, 6) is -1.59. The molecule has 0 saturated carbocycles. The van der Waals surface area contributed by atoms with Gasteiger partial charge in [0.2, 0.25) is 0 Å². The van der Waals surface area contributed by atoms with Crippen molar-refractivity contribution in [3.8, 4) is 0 Å². The van der Waals surface area contributed by atoms with Gasteiger partial charge in [0.05, 0.1) is 6.61 Å². The highest BCUT2D eigenvalue weighted by atomic mass is 19.1. The van der Waals surface area contributed by atoms with Gasteiger partial charge in [-0.1, -0.05) is 6.92 Å². The summed E-state index contributed by atoms with van der Waals surface area (Å²) >= 11 is 0. The van der Waals surface area contributed by atoms with E-state index in [-0.39, 0.29) is 24.8 Å². The van der Waals surface area contributed by atoms with Crippen LogP contribution >= 0.6 is 0 Å². The lowest BCUT2D eigenvalue weighted by Gasteiger charge is -2.21. The summed E-state index contributed by atoms with van der Waals surface area (Å²) in [5.41, 5.74) is -1.03. The second-order valence-electron chi connectivity index (χ2n) is 4.96. The Balaban J connectivity index is 2.06. The van der Waals surface area contributed by atoms with E-state index in [2.05, 4.69) is 15.6 Å². The highest BCUT2D eigenvalue weighted by Crippen LogP contribution is 2.22. The van der Waals surface area contributed by atoms with Gasteiger partial charge < -0.3 is 20.5 Å². The maximum atomic E-state index is 13.6. The second-order valence-corrected chi connectivity index (χ2v) is 4.96. The molecule has 0 spiro atoms. The van der Waals surface area contributed by atoms with E-state index >= 15 is 0 Å². The number of rotatable bonds is 6. The molecule has 1 aromatic rings. The van der Waals surface area contributed by atoms with E-state index in [9.17, 15) is 13.9 Å². The molecular formula is C13H19F2N3O2. The normalized spacial score (nSPS) is 22.0. The summed E-state index contributed by atoms with van der Waals surface area (Å²) in [6, 6.07) is 0.780. The van der Waals surface area contributed by atoms with Crippen LogP contribution in [-0.2, 0) is 4.74 Å². The number of hydrogen-bond donors (Lipinski definition) is 3. The summed E-state index contributed by atoms with van der Waals surface area (Å²) in [5, 5.41) is 15.6. The Bertz CT molecular complexity index is 465. The Kier molecular flexibility index (Phi) is 4.72. The van der Waals surface area contributed by atoms with Crippen LogP contribution in [0.4, 0.5) is 20.4 Å². The number of hydrogen-bond acceptors (Lipinski definition) is 5. The van der Waals surface area contributed by atoms with Crippen molar-refractivity contribution in [3.05, 3.63) is 17.7 Å². The van der Waals surface area contributed by atoms with Crippen molar-refractivity contribution in [3.63, 3.8) is 0 Å². The fourth-order valence-corrected chi connectivity index (χ4v) is 1.94. The van der Waals surface area contributed by atoms with Gasteiger partial charge in [-0.25, -0.2) is 13.8 Å². The molecule has 1 unspecified atom stereocenters. The Morgan fingerprint density at radius 3 is 2.65 bits per heavy atom. The molecule has 3 N–H and O–H groups in total. The maximum Gasteiger partial charge on any atom is 0.168 e. The number of anilines is 2. The van der Waals surface area contributed by atoms with Gasteiger partial charge in [-0.15, -0.1) is 0 Å². The smallest absolute Gasteiger partial charge is 0.168 e. The molecule has 1 atom stereocenters. The van der Waals surface area contributed by atoms with Crippen LogP contribution in [0.25, 0.3) is 0 Å². The molecule has 20 heavy (non-hydrogen) atoms. The molecule has 1 aromatic heterocycles. The molecule has 7 heteroatoms. The van der Waals surface area contributed by atoms with Crippen molar-refractivity contribution in [2.24, 2.45) is 0 Å². The third-order valence-electron chi connectivity index (χ3n) is 3.14. The van der Waals surface area contributed by atoms with Gasteiger partial charge in [-0.2, -0.15) is 0 Å². The van der Waals surface area contributed by atoms with E-state index < -0.39 is 17.2 Å². The number of nitrogens with one attached hydrogen (secondary N) is 2. The van der Waals surface area contributed by atoms with Crippen molar-refractivity contribution in [1.82, 2.24) is 4.98 Å². The van der Waals surface area contributed by atoms with Crippen LogP contribution in [0.1, 0.15) is 19.8 Å². The molecule has 112 valence electrons. The summed E-state index contributed by atoms with van der Waals surface area (Å²) in [7, 11) is 0. The number of ether oxygens (including phenoxy) is 1. The van der Waals surface area contributed by atoms with E-state index in [0.717, 1.165) is 12.5 Å². The Morgan fingerprint density at radius 2 is 2.05 bits per heavy atom. The van der Waals surface area contributed by atoms with E-state index in [1.165, 1.54) is 0 Å². The first-order chi connectivity index (χ1) is 9.54. The summed E-state index contributed by atoms with van der Waals surface area (Å²) in [6.07, 6.45) is 1.28. The minimum atomic E-state index is -1.03. The summed E-state index contributed by atoms with van der Waals surface area (Å²) < 4.78 is 32.3. The SMILES string of the molecule is CCCNc1nc(NCC2(O)CCOC2)c(F)cc1F. The second kappa shape index (κ2) is 6.32. The van der Waals surface area contributed by atoms with Crippen LogP contribution in [-0.4, -0.2) is 42.0 Å². The fourth-order valence-electron chi connectivity index (χ4n) is 1.94. The largest absolute Gasteiger partial charge is 0.386 e. The van der Waals surface area contributed by atoms with Gasteiger partial charge in [-0.3, -0.25) is 0 Å². The third-order valence-corrected chi connectivity index (χ3v) is 3.14. The number of nitrogens with zero attached hydrogens (tertiary/aromatic N) is 1. The van der Waals surface area contributed by atoms with Crippen molar-refractivity contribution in [2.75, 3.05) is 36.9 Å². The zero-order valence-corrected chi connectivity index (χ0v) is 11.4. The van der Waals surface area contributed by atoms with Gasteiger partial charge in [0.25, 0.3) is 0 Å². The zero-order chi connectivity index (χ0) is 14.6. The first kappa shape index (κ1) is 14.9. The molecule has 0 radical (unpaired) electrons. The first-order valence-corrected chi connectivity index (χ1v) is 6.68. The molecule has 0 aromatic carbocycles. The van der Waals surface area contributed by atoms with Crippen molar-refractivity contribution in [2.45, 2.75) is 25.4 Å². The van der Waals surface area contributed by atoms with Crippen LogP contribution < -0.4 is 10.6 Å². The molecule has 2 heterocycles. The predicted octanol–water partition coefficient (Wildman–Crippen LogP) is 1.75. The van der Waals surface area contributed by atoms with Gasteiger partial charge in [-0.05, 0) is 6.42 Å². The molecule has 1 aliphatic heterocycles. The third kappa shape index (κ3) is 3.55. The molecule has 1 saturated heterocycles. The molecule has 1 fully saturated rings. The minimum absolute atomic E-state index is 0.00501. The highest BCUT2D eigenvalue weighted by molar-refractivity contribution is 5.47. The Labute approximate surface area is 116 Å². The molecule has 0 aliphatic carbocycles. The lowest BCUT2D eigenvalue weighted by molar-refractivity contribution is 0.0381. The lowest BCUT2D eigenvalue weighted by atomic mass is 10.0. The standard InChI is InChI=1S/C13H19F2N3O2/c1-2-4-16-11-9(14)6-10(15)12(18-11)17-7-13(19)3-5-20-8-13/h6,19H,2-5,7-8H2,1H3,(H2,16,17,18). The van der Waals surface area contributed by atoms with E-state index in [1.807, 2.05) is 6.92 Å². The van der Waals surface area contributed by atoms with Crippen molar-refractivity contribution >= 4 is 11.6 Å². The molecule has 2 rings (SSSR count). The van der Waals surface area contributed by atoms with Gasteiger partial charge in [0.1, 0.15) is 5.60 Å². The number of aliphatic hydroxyl groups is 1. The van der Waals surface area contributed by atoms with E-state index in [1.54, 1.807) is 0 Å². The van der Waals surface area contributed by atoms with E-state index in [0.29, 0.717) is 19.6 Å². The Morgan fingerprint density at radius 1 is 1.35 bits per heavy atom. The fraction of sp³-hybridized carbons (Fsp3) is 0.615. The molecule has 0 bridgehead atoms. The first-order valence-electron chi connectivity index (χ1n) is 6.68. The average molecular weight is 287 g/mol. The van der Waals surface area contributed by atoms with Gasteiger partial charge >= 0.3 is 0 Å². The predicted molar refractivity (Wildman–Crippen MR) is 71.8 cm³/mol. The van der Waals surface area contributed by atoms with Gasteiger partial charge in [0.15, 0.2) is 23.3 Å². The number of aromatic nitrogens is 1. The summed E-state index contributed by atoms with van der Waals surface area (Å²) in [6.45, 7) is 3.26. The zero-order valence-electron chi connectivity index (χ0n) is 11.4. The Hall–Kier alpha value is -1.47. The van der Waals surface area contributed by atoms with Crippen LogP contribution in [0.3, 0.4) is 0 Å². The highest BCUT2D eigenvalue weighted by Gasteiger charge is 2.32. The van der Waals surface area contributed by atoms with Crippen molar-refractivity contribution in [1.29, 1.82) is 0 Å². The minimum Gasteiger partial charge on any atom is -0.386 e. The van der Waals surface area contributed by atoms with Gasteiger partial charge in [0, 0.05) is 32.2 Å². The monoisotopic (exact) mass is 287 g/mol. The molecular weight excluding hydrogens is 268 g/mol. The van der Waals surface area contributed by atoms with Crippen molar-refractivity contribution < 1.29 is 18.6 Å². The van der Waals surface area contributed by atoms with Crippen LogP contribution in [0, 0.1) is 11.6 Å². The van der Waals surface area contributed by atoms with Crippen LogP contribution in [0.5, 0.6) is 0 Å². The van der Waals surface area contributed by atoms with Crippen LogP contribution in [0.2, 0.25) is 0 Å². The molecule has 1 aliphatic rings. The number of halogens is 2. The summed E-state index contributed by atoms with van der Waals surface area (Å²) in [4.78, 5) is 3.88.